The number of carbonyl (C=O) groups excluding carboxylic acids is 2. The Labute approximate surface area is 198 Å². The Bertz CT molecular complexity index is 1150. The third-order valence-electron chi connectivity index (χ3n) is 6.92. The topological polar surface area (TPSA) is 106 Å². The molecule has 2 fully saturated rings. The van der Waals surface area contributed by atoms with Crippen molar-refractivity contribution in [1.29, 1.82) is 0 Å². The maximum absolute atomic E-state index is 13.7. The van der Waals surface area contributed by atoms with Gasteiger partial charge in [-0.3, -0.25) is 9.59 Å². The number of aromatic nitrogens is 2. The highest BCUT2D eigenvalue weighted by Crippen LogP contribution is 2.35. The van der Waals surface area contributed by atoms with Crippen molar-refractivity contribution in [1.82, 2.24) is 19.9 Å². The molecule has 2 aliphatic rings. The highest BCUT2D eigenvalue weighted by atomic mass is 16.5. The van der Waals surface area contributed by atoms with Crippen LogP contribution in [0, 0.1) is 0 Å². The van der Waals surface area contributed by atoms with E-state index < -0.39 is 18.0 Å². The molecule has 0 radical (unpaired) electrons. The Kier molecular flexibility index (Phi) is 6.15. The van der Waals surface area contributed by atoms with E-state index >= 15 is 0 Å². The summed E-state index contributed by atoms with van der Waals surface area (Å²) in [4.78, 5) is 34.8. The first-order valence-electron chi connectivity index (χ1n) is 11.8. The van der Waals surface area contributed by atoms with E-state index in [0.29, 0.717) is 32.0 Å². The fourth-order valence-corrected chi connectivity index (χ4v) is 5.06. The molecule has 5 rings (SSSR count). The van der Waals surface area contributed by atoms with E-state index in [2.05, 4.69) is 22.3 Å². The average Bonchev–Trinajstić information content (AvgIpc) is 3.64. The van der Waals surface area contributed by atoms with Gasteiger partial charge in [0.2, 0.25) is 5.91 Å². The van der Waals surface area contributed by atoms with Crippen molar-refractivity contribution >= 4 is 11.8 Å². The van der Waals surface area contributed by atoms with Crippen LogP contribution in [-0.4, -0.2) is 57.4 Å². The summed E-state index contributed by atoms with van der Waals surface area (Å²) in [5.74, 6) is 0.0809. The lowest BCUT2D eigenvalue weighted by molar-refractivity contribution is -0.134. The van der Waals surface area contributed by atoms with Gasteiger partial charge in [-0.2, -0.15) is 4.98 Å². The first-order valence-corrected chi connectivity index (χ1v) is 11.8. The largest absolute Gasteiger partial charge is 0.340 e. The number of rotatable bonds is 5. The van der Waals surface area contributed by atoms with Crippen LogP contribution in [0.25, 0.3) is 0 Å². The van der Waals surface area contributed by atoms with Gasteiger partial charge in [-0.15, -0.1) is 0 Å². The standard InChI is InChI=1S/C26H29N5O3/c1-17(27)23-28-24(34-29-23)26(33)31-16-21(19-10-6-3-7-11-19)14-22(31)25(32)30-13-12-20(15-30)18-8-4-2-5-9-18/h2-11,17,20-22H,12-16,27H2,1H3/t17-,20-,21-,22-/m0/s1. The van der Waals surface area contributed by atoms with Crippen LogP contribution in [0.1, 0.15) is 65.3 Å². The fourth-order valence-electron chi connectivity index (χ4n) is 5.06. The summed E-state index contributed by atoms with van der Waals surface area (Å²) in [6.45, 7) is 3.49. The van der Waals surface area contributed by atoms with Gasteiger partial charge in [0, 0.05) is 31.5 Å². The van der Waals surface area contributed by atoms with E-state index in [1.165, 1.54) is 5.56 Å². The van der Waals surface area contributed by atoms with E-state index in [0.717, 1.165) is 12.0 Å². The maximum Gasteiger partial charge on any atom is 0.316 e. The monoisotopic (exact) mass is 459 g/mol. The number of likely N-dealkylation sites (tertiary alicyclic amines) is 2. The normalized spacial score (nSPS) is 23.3. The minimum Gasteiger partial charge on any atom is -0.340 e. The van der Waals surface area contributed by atoms with Crippen molar-refractivity contribution in [2.24, 2.45) is 5.73 Å². The highest BCUT2D eigenvalue weighted by Gasteiger charge is 2.44. The molecular weight excluding hydrogens is 430 g/mol. The van der Waals surface area contributed by atoms with Crippen LogP contribution < -0.4 is 5.73 Å². The van der Waals surface area contributed by atoms with Crippen molar-refractivity contribution in [3.63, 3.8) is 0 Å². The average molecular weight is 460 g/mol. The lowest BCUT2D eigenvalue weighted by Crippen LogP contribution is -2.47. The van der Waals surface area contributed by atoms with Gasteiger partial charge in [0.25, 0.3) is 0 Å². The number of nitrogens with two attached hydrogens (primary N) is 1. The fraction of sp³-hybridized carbons (Fsp3) is 0.385. The Morgan fingerprint density at radius 1 is 1.00 bits per heavy atom. The molecule has 8 heteroatoms. The molecule has 3 heterocycles. The van der Waals surface area contributed by atoms with Crippen LogP contribution >= 0.6 is 0 Å². The Balaban J connectivity index is 1.38. The zero-order valence-corrected chi connectivity index (χ0v) is 19.2. The molecular formula is C26H29N5O3. The third kappa shape index (κ3) is 4.33. The van der Waals surface area contributed by atoms with Crippen LogP contribution in [-0.2, 0) is 4.79 Å². The molecule has 0 unspecified atom stereocenters. The van der Waals surface area contributed by atoms with Crippen molar-refractivity contribution in [2.45, 2.75) is 43.7 Å². The highest BCUT2D eigenvalue weighted by molar-refractivity contribution is 5.95. The molecule has 0 aliphatic carbocycles. The van der Waals surface area contributed by atoms with Crippen molar-refractivity contribution in [3.05, 3.63) is 83.5 Å². The summed E-state index contributed by atoms with van der Waals surface area (Å²) < 4.78 is 5.21. The lowest BCUT2D eigenvalue weighted by atomic mass is 9.96. The van der Waals surface area contributed by atoms with Crippen molar-refractivity contribution in [2.75, 3.05) is 19.6 Å². The maximum atomic E-state index is 13.7. The van der Waals surface area contributed by atoms with Crippen molar-refractivity contribution < 1.29 is 14.1 Å². The summed E-state index contributed by atoms with van der Waals surface area (Å²) >= 11 is 0. The second-order valence-electron chi connectivity index (χ2n) is 9.24. The van der Waals surface area contributed by atoms with Gasteiger partial charge in [0.1, 0.15) is 6.04 Å². The molecule has 176 valence electrons. The predicted octanol–water partition coefficient (Wildman–Crippen LogP) is 3.10. The van der Waals surface area contributed by atoms with Gasteiger partial charge in [-0.1, -0.05) is 65.8 Å². The van der Waals surface area contributed by atoms with Crippen LogP contribution in [0.3, 0.4) is 0 Å². The number of benzene rings is 2. The third-order valence-corrected chi connectivity index (χ3v) is 6.92. The smallest absolute Gasteiger partial charge is 0.316 e. The van der Waals surface area contributed by atoms with Gasteiger partial charge < -0.3 is 20.1 Å². The lowest BCUT2D eigenvalue weighted by Gasteiger charge is -2.27. The van der Waals surface area contributed by atoms with Gasteiger partial charge in [0.05, 0.1) is 6.04 Å². The molecule has 4 atom stereocenters. The van der Waals surface area contributed by atoms with E-state index in [9.17, 15) is 9.59 Å². The van der Waals surface area contributed by atoms with Crippen LogP contribution in [0.4, 0.5) is 0 Å². The first-order chi connectivity index (χ1) is 16.5. The Morgan fingerprint density at radius 3 is 2.26 bits per heavy atom. The Hall–Kier alpha value is -3.52. The van der Waals surface area contributed by atoms with Gasteiger partial charge >= 0.3 is 11.8 Å². The second kappa shape index (κ2) is 9.38. The van der Waals surface area contributed by atoms with Gasteiger partial charge in [-0.25, -0.2) is 0 Å². The minimum absolute atomic E-state index is 0.0165. The summed E-state index contributed by atoms with van der Waals surface area (Å²) in [5, 5.41) is 3.82. The van der Waals surface area contributed by atoms with Gasteiger partial charge in [-0.05, 0) is 30.9 Å². The SMILES string of the molecule is C[C@H](N)c1noc(C(=O)N2C[C@@H](c3ccccc3)C[C@H]2C(=O)N2CC[C@H](c3ccccc3)C2)n1. The van der Waals surface area contributed by atoms with Crippen molar-refractivity contribution in [3.8, 4) is 0 Å². The number of hydrogen-bond acceptors (Lipinski definition) is 6. The van der Waals surface area contributed by atoms with E-state index in [4.69, 9.17) is 10.3 Å². The second-order valence-corrected chi connectivity index (χ2v) is 9.24. The molecule has 34 heavy (non-hydrogen) atoms. The van der Waals surface area contributed by atoms with Crippen LogP contribution in [0.15, 0.2) is 65.2 Å². The van der Waals surface area contributed by atoms with Crippen LogP contribution in [0.5, 0.6) is 0 Å². The summed E-state index contributed by atoms with van der Waals surface area (Å²) in [5.41, 5.74) is 8.18. The number of hydrogen-bond donors (Lipinski definition) is 1. The first kappa shape index (κ1) is 22.3. The molecule has 3 aromatic rings. The number of nitrogens with zero attached hydrogens (tertiary/aromatic N) is 4. The molecule has 2 amide bonds. The molecule has 2 N–H and O–H groups in total. The zero-order valence-electron chi connectivity index (χ0n) is 19.2. The van der Waals surface area contributed by atoms with Crippen LogP contribution in [0.2, 0.25) is 0 Å². The van der Waals surface area contributed by atoms with E-state index in [1.807, 2.05) is 53.4 Å². The quantitative estimate of drug-likeness (QED) is 0.629. The molecule has 0 saturated carbocycles. The molecule has 2 saturated heterocycles. The minimum atomic E-state index is -0.571. The molecule has 2 aromatic carbocycles. The van der Waals surface area contributed by atoms with E-state index in [-0.39, 0.29) is 23.5 Å². The van der Waals surface area contributed by atoms with E-state index in [1.54, 1.807) is 11.8 Å². The summed E-state index contributed by atoms with van der Waals surface area (Å²) in [6.07, 6.45) is 1.48. The number of amides is 2. The zero-order chi connectivity index (χ0) is 23.7. The molecule has 8 nitrogen and oxygen atoms in total. The summed E-state index contributed by atoms with van der Waals surface area (Å²) in [7, 11) is 0. The molecule has 0 bridgehead atoms. The predicted molar refractivity (Wildman–Crippen MR) is 126 cm³/mol. The molecule has 1 aromatic heterocycles. The summed E-state index contributed by atoms with van der Waals surface area (Å²) in [6, 6.07) is 19.3. The molecule has 2 aliphatic heterocycles. The van der Waals surface area contributed by atoms with Gasteiger partial charge in [0.15, 0.2) is 5.82 Å². The number of carbonyl (C=O) groups is 2. The Morgan fingerprint density at radius 2 is 1.65 bits per heavy atom. The molecule has 0 spiro atoms.